The third-order valence-corrected chi connectivity index (χ3v) is 5.24. The van der Waals surface area contributed by atoms with Gasteiger partial charge in [0.1, 0.15) is 5.01 Å². The SMILES string of the molecule is CC1CN(Cc2csc(-c3ccc4c(c3)OCO4)n2)CC1N. The summed E-state index contributed by atoms with van der Waals surface area (Å²) in [5, 5.41) is 3.15. The Morgan fingerprint density at radius 3 is 3.00 bits per heavy atom. The van der Waals surface area contributed by atoms with Crippen molar-refractivity contribution in [3.63, 3.8) is 0 Å². The first-order valence-electron chi connectivity index (χ1n) is 7.51. The second-order valence-electron chi connectivity index (χ2n) is 6.05. The van der Waals surface area contributed by atoms with E-state index in [1.165, 1.54) is 0 Å². The third-order valence-electron chi connectivity index (χ3n) is 4.30. The molecule has 4 rings (SSSR count). The van der Waals surface area contributed by atoms with E-state index in [4.69, 9.17) is 20.2 Å². The standard InChI is InChI=1S/C16H19N3O2S/c1-10-5-19(7-13(10)17)6-12-8-22-16(18-12)11-2-3-14-15(4-11)21-9-20-14/h2-4,8,10,13H,5-7,9,17H2,1H3. The molecule has 0 radical (unpaired) electrons. The number of aromatic nitrogens is 1. The van der Waals surface area contributed by atoms with E-state index in [1.54, 1.807) is 11.3 Å². The van der Waals surface area contributed by atoms with Crippen molar-refractivity contribution >= 4 is 11.3 Å². The lowest BCUT2D eigenvalue weighted by molar-refractivity contribution is 0.174. The molecule has 22 heavy (non-hydrogen) atoms. The van der Waals surface area contributed by atoms with Crippen LogP contribution in [0.4, 0.5) is 0 Å². The summed E-state index contributed by atoms with van der Waals surface area (Å²) in [6.07, 6.45) is 0. The van der Waals surface area contributed by atoms with E-state index in [2.05, 4.69) is 17.2 Å². The molecule has 2 unspecified atom stereocenters. The minimum atomic E-state index is 0.284. The Morgan fingerprint density at radius 2 is 2.18 bits per heavy atom. The van der Waals surface area contributed by atoms with Crippen LogP contribution in [0, 0.1) is 5.92 Å². The predicted molar refractivity (Wildman–Crippen MR) is 86.1 cm³/mol. The van der Waals surface area contributed by atoms with Gasteiger partial charge in [-0.25, -0.2) is 4.98 Å². The molecule has 0 aliphatic carbocycles. The maximum atomic E-state index is 6.09. The van der Waals surface area contributed by atoms with Crippen molar-refractivity contribution in [3.05, 3.63) is 29.3 Å². The Labute approximate surface area is 133 Å². The van der Waals surface area contributed by atoms with Gasteiger partial charge in [-0.1, -0.05) is 6.92 Å². The van der Waals surface area contributed by atoms with Crippen LogP contribution in [0.3, 0.4) is 0 Å². The fraction of sp³-hybridized carbons (Fsp3) is 0.438. The molecule has 116 valence electrons. The van der Waals surface area contributed by atoms with Crippen LogP contribution in [0.5, 0.6) is 11.5 Å². The van der Waals surface area contributed by atoms with Crippen molar-refractivity contribution in [2.24, 2.45) is 11.7 Å². The molecule has 1 fully saturated rings. The van der Waals surface area contributed by atoms with Gasteiger partial charge in [-0.05, 0) is 24.1 Å². The summed E-state index contributed by atoms with van der Waals surface area (Å²) in [7, 11) is 0. The molecule has 0 bridgehead atoms. The third kappa shape index (κ3) is 2.58. The molecule has 2 aromatic rings. The number of hydrogen-bond donors (Lipinski definition) is 1. The molecule has 2 atom stereocenters. The van der Waals surface area contributed by atoms with Crippen molar-refractivity contribution in [2.75, 3.05) is 19.9 Å². The number of likely N-dealkylation sites (tertiary alicyclic amines) is 1. The molecule has 1 aromatic heterocycles. The predicted octanol–water partition coefficient (Wildman–Crippen LogP) is 2.32. The summed E-state index contributed by atoms with van der Waals surface area (Å²) < 4.78 is 10.8. The van der Waals surface area contributed by atoms with Crippen LogP contribution in [0.25, 0.3) is 10.6 Å². The first-order valence-corrected chi connectivity index (χ1v) is 8.39. The first-order chi connectivity index (χ1) is 10.7. The molecule has 1 aromatic carbocycles. The zero-order valence-corrected chi connectivity index (χ0v) is 13.3. The van der Waals surface area contributed by atoms with Gasteiger partial charge in [0.2, 0.25) is 6.79 Å². The zero-order valence-electron chi connectivity index (χ0n) is 12.5. The number of fused-ring (bicyclic) bond motifs is 1. The molecule has 0 saturated carbocycles. The quantitative estimate of drug-likeness (QED) is 0.941. The topological polar surface area (TPSA) is 60.6 Å². The van der Waals surface area contributed by atoms with Gasteiger partial charge in [-0.15, -0.1) is 11.3 Å². The Morgan fingerprint density at radius 1 is 1.32 bits per heavy atom. The Balaban J connectivity index is 1.50. The summed E-state index contributed by atoms with van der Waals surface area (Å²) in [4.78, 5) is 7.14. The second-order valence-corrected chi connectivity index (χ2v) is 6.91. The van der Waals surface area contributed by atoms with Crippen molar-refractivity contribution in [1.82, 2.24) is 9.88 Å². The van der Waals surface area contributed by atoms with Gasteiger partial charge in [-0.3, -0.25) is 4.90 Å². The van der Waals surface area contributed by atoms with Crippen LogP contribution in [0.1, 0.15) is 12.6 Å². The van der Waals surface area contributed by atoms with Crippen LogP contribution < -0.4 is 15.2 Å². The molecular weight excluding hydrogens is 298 g/mol. The van der Waals surface area contributed by atoms with Crippen LogP contribution >= 0.6 is 11.3 Å². The van der Waals surface area contributed by atoms with Crippen LogP contribution in [0.2, 0.25) is 0 Å². The lowest BCUT2D eigenvalue weighted by atomic mass is 10.1. The number of rotatable bonds is 3. The molecule has 2 aliphatic rings. The van der Waals surface area contributed by atoms with E-state index in [0.717, 1.165) is 47.4 Å². The number of nitrogens with two attached hydrogens (primary N) is 1. The summed E-state index contributed by atoms with van der Waals surface area (Å²) in [6.45, 7) is 5.40. The molecule has 1 saturated heterocycles. The lowest BCUT2D eigenvalue weighted by Gasteiger charge is -2.12. The first kappa shape index (κ1) is 14.0. The average Bonchev–Trinajstić information content (AvgIpc) is 3.20. The average molecular weight is 317 g/mol. The van der Waals surface area contributed by atoms with Crippen LogP contribution in [-0.4, -0.2) is 35.8 Å². The monoisotopic (exact) mass is 317 g/mol. The number of nitrogens with zero attached hydrogens (tertiary/aromatic N) is 2. The normalized spacial score (nSPS) is 24.1. The van der Waals surface area contributed by atoms with Gasteiger partial charge in [-0.2, -0.15) is 0 Å². The Kier molecular flexibility index (Phi) is 3.52. The smallest absolute Gasteiger partial charge is 0.231 e. The van der Waals surface area contributed by atoms with Crippen molar-refractivity contribution < 1.29 is 9.47 Å². The van der Waals surface area contributed by atoms with E-state index in [-0.39, 0.29) is 6.04 Å². The summed E-state index contributed by atoms with van der Waals surface area (Å²) in [5.41, 5.74) is 8.27. The fourth-order valence-corrected chi connectivity index (χ4v) is 3.80. The van der Waals surface area contributed by atoms with E-state index < -0.39 is 0 Å². The summed E-state index contributed by atoms with van der Waals surface area (Å²) in [5.74, 6) is 2.17. The van der Waals surface area contributed by atoms with Crippen molar-refractivity contribution in [1.29, 1.82) is 0 Å². The molecule has 5 nitrogen and oxygen atoms in total. The molecular formula is C16H19N3O2S. The molecule has 2 N–H and O–H groups in total. The maximum absolute atomic E-state index is 6.09. The number of ether oxygens (including phenoxy) is 2. The molecule has 3 heterocycles. The van der Waals surface area contributed by atoms with Crippen molar-refractivity contribution in [2.45, 2.75) is 19.5 Å². The highest BCUT2D eigenvalue weighted by Gasteiger charge is 2.26. The van der Waals surface area contributed by atoms with Gasteiger partial charge < -0.3 is 15.2 Å². The Bertz CT molecular complexity index is 678. The van der Waals surface area contributed by atoms with Gasteiger partial charge >= 0.3 is 0 Å². The van der Waals surface area contributed by atoms with Gasteiger partial charge in [0, 0.05) is 36.6 Å². The number of thiazole rings is 1. The van der Waals surface area contributed by atoms with E-state index in [1.807, 2.05) is 18.2 Å². The van der Waals surface area contributed by atoms with Crippen LogP contribution in [-0.2, 0) is 6.54 Å². The maximum Gasteiger partial charge on any atom is 0.231 e. The lowest BCUT2D eigenvalue weighted by Crippen LogP contribution is -2.28. The summed E-state index contributed by atoms with van der Waals surface area (Å²) >= 11 is 1.67. The Hall–Kier alpha value is -1.63. The number of benzene rings is 1. The van der Waals surface area contributed by atoms with Gasteiger partial charge in [0.25, 0.3) is 0 Å². The highest BCUT2D eigenvalue weighted by molar-refractivity contribution is 7.13. The van der Waals surface area contributed by atoms with Gasteiger partial charge in [0.05, 0.1) is 5.69 Å². The zero-order chi connectivity index (χ0) is 15.1. The number of hydrogen-bond acceptors (Lipinski definition) is 6. The molecule has 0 amide bonds. The van der Waals surface area contributed by atoms with Gasteiger partial charge in [0.15, 0.2) is 11.5 Å². The van der Waals surface area contributed by atoms with E-state index in [9.17, 15) is 0 Å². The molecule has 6 heteroatoms. The largest absolute Gasteiger partial charge is 0.454 e. The van der Waals surface area contributed by atoms with Crippen molar-refractivity contribution in [3.8, 4) is 22.1 Å². The molecule has 2 aliphatic heterocycles. The van der Waals surface area contributed by atoms with E-state index in [0.29, 0.717) is 12.7 Å². The molecule has 0 spiro atoms. The fourth-order valence-electron chi connectivity index (χ4n) is 3.00. The van der Waals surface area contributed by atoms with Crippen LogP contribution in [0.15, 0.2) is 23.6 Å². The summed E-state index contributed by atoms with van der Waals surface area (Å²) in [6, 6.07) is 6.26. The highest BCUT2D eigenvalue weighted by atomic mass is 32.1. The minimum absolute atomic E-state index is 0.284. The highest BCUT2D eigenvalue weighted by Crippen LogP contribution is 2.36. The second kappa shape index (κ2) is 5.53. The minimum Gasteiger partial charge on any atom is -0.454 e. The van der Waals surface area contributed by atoms with E-state index >= 15 is 0 Å².